The van der Waals surface area contributed by atoms with Gasteiger partial charge in [-0.25, -0.2) is 14.2 Å². The lowest BCUT2D eigenvalue weighted by Gasteiger charge is -2.26. The van der Waals surface area contributed by atoms with Crippen molar-refractivity contribution < 1.29 is 23.9 Å². The standard InChI is InChI=1S/C34H49N6O6P/c1-2-3-4-5-6-7-8-9-10-11-12-13-14-15-16-17-18-19-20-21-30(41)35-24-25-39(47(43,44)45)26-29-22-23-31(46-29)40-28-38-32-33(40)36-27-37-34(32)42/h3-4,6-7,9-10,12-13,15-16,18-19,27-29,31H,2,5,8,11,14,17,20-26H2,1H3,(H,35,41)(H,36,37,42)(H2,43,44,45)/t29-,31+/m0/s1. The minimum absolute atomic E-state index is 0.000108. The molecule has 0 saturated carbocycles. The fourth-order valence-corrected chi connectivity index (χ4v) is 5.70. The van der Waals surface area contributed by atoms with Crippen molar-refractivity contribution in [3.05, 3.63) is 95.9 Å². The van der Waals surface area contributed by atoms with Gasteiger partial charge in [0.05, 0.1) is 18.8 Å². The van der Waals surface area contributed by atoms with Crippen LogP contribution in [-0.4, -0.2) is 65.6 Å². The Morgan fingerprint density at radius 1 is 0.979 bits per heavy atom. The largest absolute Gasteiger partial charge is 0.403 e. The lowest BCUT2D eigenvalue weighted by atomic mass is 10.2. The highest BCUT2D eigenvalue weighted by molar-refractivity contribution is 7.49. The Morgan fingerprint density at radius 3 is 2.17 bits per heavy atom. The van der Waals surface area contributed by atoms with E-state index in [-0.39, 0.29) is 31.1 Å². The quantitative estimate of drug-likeness (QED) is 0.0953. The SMILES string of the molecule is CCC=CCC=CCC=CCC=CCC=CCC=CCCC(=O)NCCN(C[C@@H]1CC[C@H](n2cnc3c(=O)nc[nH]c32)O1)P(=O)(O)O. The number of nitrogens with one attached hydrogen (secondary N) is 2. The van der Waals surface area contributed by atoms with E-state index in [2.05, 4.69) is 88.0 Å². The summed E-state index contributed by atoms with van der Waals surface area (Å²) in [6, 6.07) is 0. The summed E-state index contributed by atoms with van der Waals surface area (Å²) in [5.41, 5.74) is 0.237. The Hall–Kier alpha value is -3.67. The first-order valence-electron chi connectivity index (χ1n) is 16.3. The predicted octanol–water partition coefficient (Wildman–Crippen LogP) is 5.79. The number of aromatic amines is 1. The molecule has 1 amide bonds. The molecule has 4 N–H and O–H groups in total. The number of amides is 1. The van der Waals surface area contributed by atoms with Gasteiger partial charge in [-0.15, -0.1) is 0 Å². The minimum Gasteiger partial charge on any atom is -0.355 e. The number of ether oxygens (including phenoxy) is 1. The number of allylic oxidation sites excluding steroid dienone is 12. The number of aromatic nitrogens is 4. The smallest absolute Gasteiger partial charge is 0.355 e. The van der Waals surface area contributed by atoms with E-state index in [0.29, 0.717) is 31.3 Å². The number of carbonyl (C=O) groups excluding carboxylic acids is 1. The molecule has 2 aromatic rings. The first-order chi connectivity index (χ1) is 22.8. The normalized spacial score (nSPS) is 17.9. The van der Waals surface area contributed by atoms with E-state index < -0.39 is 25.6 Å². The molecule has 47 heavy (non-hydrogen) atoms. The van der Waals surface area contributed by atoms with E-state index in [0.717, 1.165) is 43.2 Å². The van der Waals surface area contributed by atoms with Crippen LogP contribution in [0, 0.1) is 0 Å². The number of hydrogen-bond acceptors (Lipinski definition) is 6. The molecule has 1 fully saturated rings. The number of carbonyl (C=O) groups is 1. The van der Waals surface area contributed by atoms with Crippen molar-refractivity contribution in [3.8, 4) is 0 Å². The Kier molecular flexibility index (Phi) is 17.1. The van der Waals surface area contributed by atoms with Gasteiger partial charge in [-0.3, -0.25) is 14.2 Å². The summed E-state index contributed by atoms with van der Waals surface area (Å²) in [7, 11) is -4.57. The highest BCUT2D eigenvalue weighted by Crippen LogP contribution is 2.41. The van der Waals surface area contributed by atoms with Crippen LogP contribution in [0.15, 0.2) is 90.4 Å². The topological polar surface area (TPSA) is 163 Å². The molecule has 0 aromatic carbocycles. The van der Waals surface area contributed by atoms with Crippen molar-refractivity contribution >= 4 is 24.8 Å². The summed E-state index contributed by atoms with van der Waals surface area (Å²) in [6.45, 7) is 2.22. The van der Waals surface area contributed by atoms with Crippen molar-refractivity contribution in [1.29, 1.82) is 0 Å². The summed E-state index contributed by atoms with van der Waals surface area (Å²) >= 11 is 0. The van der Waals surface area contributed by atoms with Gasteiger partial charge in [0.2, 0.25) is 5.91 Å². The van der Waals surface area contributed by atoms with Gasteiger partial charge in [0, 0.05) is 26.1 Å². The highest BCUT2D eigenvalue weighted by Gasteiger charge is 2.34. The van der Waals surface area contributed by atoms with Crippen molar-refractivity contribution in [1.82, 2.24) is 29.5 Å². The minimum atomic E-state index is -4.57. The average Bonchev–Trinajstić information content (AvgIpc) is 3.69. The molecular formula is C34H49N6O6P. The van der Waals surface area contributed by atoms with Crippen LogP contribution in [0.3, 0.4) is 0 Å². The number of H-pyrrole nitrogens is 1. The van der Waals surface area contributed by atoms with Crippen LogP contribution in [0.4, 0.5) is 0 Å². The fraction of sp³-hybridized carbons (Fsp3) is 0.471. The molecule has 0 unspecified atom stereocenters. The lowest BCUT2D eigenvalue weighted by Crippen LogP contribution is -2.37. The van der Waals surface area contributed by atoms with Crippen molar-refractivity contribution in [3.63, 3.8) is 0 Å². The molecule has 256 valence electrons. The third-order valence-corrected chi connectivity index (χ3v) is 8.48. The van der Waals surface area contributed by atoms with E-state index in [1.165, 1.54) is 12.7 Å². The molecule has 2 atom stereocenters. The number of imidazole rings is 1. The van der Waals surface area contributed by atoms with E-state index >= 15 is 0 Å². The Labute approximate surface area is 276 Å². The van der Waals surface area contributed by atoms with Gasteiger partial charge in [0.15, 0.2) is 5.52 Å². The summed E-state index contributed by atoms with van der Waals surface area (Å²) in [5, 5.41) is 2.74. The predicted molar refractivity (Wildman–Crippen MR) is 185 cm³/mol. The zero-order chi connectivity index (χ0) is 33.7. The Bertz CT molecular complexity index is 1520. The molecule has 3 rings (SSSR count). The summed E-state index contributed by atoms with van der Waals surface area (Å²) in [6.07, 6.45) is 35.2. The molecule has 1 aliphatic heterocycles. The van der Waals surface area contributed by atoms with Crippen LogP contribution in [0.25, 0.3) is 11.2 Å². The maximum absolute atomic E-state index is 12.3. The van der Waals surface area contributed by atoms with Crippen LogP contribution < -0.4 is 10.9 Å². The Morgan fingerprint density at radius 2 is 1.57 bits per heavy atom. The van der Waals surface area contributed by atoms with Gasteiger partial charge >= 0.3 is 13.3 Å². The van der Waals surface area contributed by atoms with E-state index in [4.69, 9.17) is 4.74 Å². The van der Waals surface area contributed by atoms with Gasteiger partial charge in [-0.1, -0.05) is 79.8 Å². The molecule has 1 saturated heterocycles. The molecule has 0 radical (unpaired) electrons. The first kappa shape index (κ1) is 37.8. The van der Waals surface area contributed by atoms with Crippen LogP contribution in [-0.2, 0) is 14.1 Å². The van der Waals surface area contributed by atoms with Crippen LogP contribution in [0.2, 0.25) is 0 Å². The second kappa shape index (κ2) is 21.3. The van der Waals surface area contributed by atoms with E-state index in [1.807, 2.05) is 12.2 Å². The molecule has 13 heteroatoms. The lowest BCUT2D eigenvalue weighted by molar-refractivity contribution is -0.121. The third kappa shape index (κ3) is 14.3. The molecule has 3 heterocycles. The average molecular weight is 669 g/mol. The van der Waals surface area contributed by atoms with Gasteiger partial charge in [0.25, 0.3) is 0 Å². The molecule has 0 aliphatic carbocycles. The highest BCUT2D eigenvalue weighted by atomic mass is 31.2. The van der Waals surface area contributed by atoms with E-state index in [9.17, 15) is 23.9 Å². The van der Waals surface area contributed by atoms with Gasteiger partial charge in [-0.05, 0) is 57.8 Å². The van der Waals surface area contributed by atoms with Crippen LogP contribution >= 0.6 is 7.75 Å². The first-order valence-corrected chi connectivity index (χ1v) is 17.9. The summed E-state index contributed by atoms with van der Waals surface area (Å²) in [4.78, 5) is 54.6. The molecular weight excluding hydrogens is 619 g/mol. The van der Waals surface area contributed by atoms with Gasteiger partial charge in [0.1, 0.15) is 11.9 Å². The molecule has 0 spiro atoms. The molecule has 2 aromatic heterocycles. The zero-order valence-corrected chi connectivity index (χ0v) is 28.1. The molecule has 0 bridgehead atoms. The van der Waals surface area contributed by atoms with Crippen LogP contribution in [0.5, 0.6) is 0 Å². The van der Waals surface area contributed by atoms with E-state index in [1.54, 1.807) is 4.57 Å². The van der Waals surface area contributed by atoms with Crippen molar-refractivity contribution in [2.75, 3.05) is 19.6 Å². The second-order valence-electron chi connectivity index (χ2n) is 11.1. The molecule has 12 nitrogen and oxygen atoms in total. The summed E-state index contributed by atoms with van der Waals surface area (Å²) in [5.74, 6) is -0.178. The monoisotopic (exact) mass is 668 g/mol. The number of hydrogen-bond donors (Lipinski definition) is 4. The Balaban J connectivity index is 1.25. The van der Waals surface area contributed by atoms with Gasteiger partial charge in [-0.2, -0.15) is 4.98 Å². The molecule has 1 aliphatic rings. The maximum Gasteiger partial charge on any atom is 0.403 e. The fourth-order valence-electron chi connectivity index (χ4n) is 4.95. The number of fused-ring (bicyclic) bond motifs is 1. The maximum atomic E-state index is 12.3. The zero-order valence-electron chi connectivity index (χ0n) is 27.2. The van der Waals surface area contributed by atoms with Crippen LogP contribution in [0.1, 0.15) is 77.4 Å². The summed E-state index contributed by atoms with van der Waals surface area (Å²) < 4.78 is 20.9. The van der Waals surface area contributed by atoms with Crippen molar-refractivity contribution in [2.24, 2.45) is 0 Å². The van der Waals surface area contributed by atoms with Gasteiger partial charge < -0.3 is 24.8 Å². The number of nitrogens with zero attached hydrogens (tertiary/aromatic N) is 4. The third-order valence-electron chi connectivity index (χ3n) is 7.38. The number of rotatable bonds is 21. The second-order valence-corrected chi connectivity index (χ2v) is 12.7. The van der Waals surface area contributed by atoms with Crippen molar-refractivity contribution in [2.45, 2.75) is 83.5 Å².